The lowest BCUT2D eigenvalue weighted by Gasteiger charge is -2.09. The molecule has 0 radical (unpaired) electrons. The third-order valence-electron chi connectivity index (χ3n) is 4.41. The predicted molar refractivity (Wildman–Crippen MR) is 121 cm³/mol. The van der Waals surface area contributed by atoms with Gasteiger partial charge in [0, 0.05) is 16.2 Å². The molecule has 2 aromatic heterocycles. The summed E-state index contributed by atoms with van der Waals surface area (Å²) in [6.07, 6.45) is 4.86. The fraction of sp³-hybridized carbons (Fsp3) is 0.136. The first-order valence-corrected chi connectivity index (χ1v) is 10.4. The summed E-state index contributed by atoms with van der Waals surface area (Å²) in [6, 6.07) is 14.1. The third-order valence-corrected chi connectivity index (χ3v) is 4.88. The number of benzene rings is 2. The molecule has 0 aliphatic carbocycles. The molecule has 0 atom stereocenters. The molecule has 1 amide bonds. The van der Waals surface area contributed by atoms with Crippen LogP contribution in [0.2, 0.25) is 10.0 Å². The Bertz CT molecular complexity index is 1240. The van der Waals surface area contributed by atoms with Crippen molar-refractivity contribution >= 4 is 34.8 Å². The minimum absolute atomic E-state index is 0.161. The number of nitrogens with one attached hydrogen (secondary N) is 1. The maximum absolute atomic E-state index is 12.5. The number of anilines is 1. The lowest BCUT2D eigenvalue weighted by atomic mass is 10.2. The Hall–Kier alpha value is -3.49. The lowest BCUT2D eigenvalue weighted by molar-refractivity contribution is 0.102. The SMILES string of the molecule is Cc1cc(Cl)ccc1OCn1ccc(C(=O)Nc2cnn(COc3cccc(Cl)c3)c2)n1. The molecule has 0 unspecified atom stereocenters. The molecule has 8 nitrogen and oxygen atoms in total. The van der Waals surface area contributed by atoms with E-state index in [1.54, 1.807) is 59.5 Å². The molecule has 0 saturated heterocycles. The molecular formula is C22H19Cl2N5O3. The van der Waals surface area contributed by atoms with E-state index in [1.807, 2.05) is 13.0 Å². The van der Waals surface area contributed by atoms with Gasteiger partial charge >= 0.3 is 0 Å². The van der Waals surface area contributed by atoms with E-state index < -0.39 is 0 Å². The number of carbonyl (C=O) groups is 1. The fourth-order valence-corrected chi connectivity index (χ4v) is 3.26. The van der Waals surface area contributed by atoms with Crippen molar-refractivity contribution in [1.29, 1.82) is 0 Å². The summed E-state index contributed by atoms with van der Waals surface area (Å²) in [6.45, 7) is 2.24. The highest BCUT2D eigenvalue weighted by Crippen LogP contribution is 2.22. The zero-order valence-electron chi connectivity index (χ0n) is 17.0. The summed E-state index contributed by atoms with van der Waals surface area (Å²) in [4.78, 5) is 12.5. The Balaban J connectivity index is 1.30. The molecule has 0 fully saturated rings. The van der Waals surface area contributed by atoms with Gasteiger partial charge in [-0.05, 0) is 55.0 Å². The largest absolute Gasteiger partial charge is 0.471 e. The van der Waals surface area contributed by atoms with Gasteiger partial charge < -0.3 is 14.8 Å². The van der Waals surface area contributed by atoms with Crippen LogP contribution in [0.15, 0.2) is 67.1 Å². The van der Waals surface area contributed by atoms with Gasteiger partial charge in [-0.1, -0.05) is 29.3 Å². The molecule has 0 bridgehead atoms. The number of halogens is 2. The number of carbonyl (C=O) groups excluding carboxylic acids is 1. The van der Waals surface area contributed by atoms with Crippen LogP contribution in [0.1, 0.15) is 16.1 Å². The average molecular weight is 472 g/mol. The van der Waals surface area contributed by atoms with Gasteiger partial charge in [0.2, 0.25) is 0 Å². The van der Waals surface area contributed by atoms with Crippen molar-refractivity contribution in [3.8, 4) is 11.5 Å². The van der Waals surface area contributed by atoms with Crippen molar-refractivity contribution in [3.05, 3.63) is 88.4 Å². The van der Waals surface area contributed by atoms with E-state index in [9.17, 15) is 4.79 Å². The summed E-state index contributed by atoms with van der Waals surface area (Å²) in [7, 11) is 0. The molecule has 164 valence electrons. The van der Waals surface area contributed by atoms with E-state index >= 15 is 0 Å². The minimum atomic E-state index is -0.360. The van der Waals surface area contributed by atoms with Gasteiger partial charge in [-0.15, -0.1) is 0 Å². The zero-order chi connectivity index (χ0) is 22.5. The number of aryl methyl sites for hydroxylation is 1. The van der Waals surface area contributed by atoms with Gasteiger partial charge in [-0.25, -0.2) is 9.36 Å². The van der Waals surface area contributed by atoms with Gasteiger partial charge in [0.15, 0.2) is 19.2 Å². The van der Waals surface area contributed by atoms with Crippen LogP contribution in [0.25, 0.3) is 0 Å². The van der Waals surface area contributed by atoms with Gasteiger partial charge in [-0.2, -0.15) is 10.2 Å². The number of aromatic nitrogens is 4. The van der Waals surface area contributed by atoms with E-state index in [0.717, 1.165) is 5.56 Å². The maximum atomic E-state index is 12.5. The molecule has 0 saturated carbocycles. The third kappa shape index (κ3) is 5.60. The van der Waals surface area contributed by atoms with Crippen molar-refractivity contribution < 1.29 is 14.3 Å². The number of nitrogens with zero attached hydrogens (tertiary/aromatic N) is 4. The van der Waals surface area contributed by atoms with Crippen LogP contribution in [0, 0.1) is 6.92 Å². The number of rotatable bonds is 8. The summed E-state index contributed by atoms with van der Waals surface area (Å²) in [5.74, 6) is 0.963. The normalized spacial score (nSPS) is 10.7. The number of ether oxygens (including phenoxy) is 2. The molecule has 2 heterocycles. The molecular weight excluding hydrogens is 453 g/mol. The summed E-state index contributed by atoms with van der Waals surface area (Å²) < 4.78 is 14.4. The van der Waals surface area contributed by atoms with E-state index in [4.69, 9.17) is 32.7 Å². The standard InChI is InChI=1S/C22H19Cl2N5O3/c1-15-9-17(24)5-6-21(15)32-13-28-8-7-20(27-28)22(30)26-18-11-25-29(12-18)14-31-19-4-2-3-16(23)10-19/h2-12H,13-14H2,1H3,(H,26,30). The summed E-state index contributed by atoms with van der Waals surface area (Å²) in [5, 5.41) is 12.4. The van der Waals surface area contributed by atoms with E-state index in [-0.39, 0.29) is 25.1 Å². The lowest BCUT2D eigenvalue weighted by Crippen LogP contribution is -2.14. The molecule has 0 aliphatic heterocycles. The Morgan fingerprint density at radius 2 is 1.84 bits per heavy atom. The minimum Gasteiger partial charge on any atom is -0.471 e. The molecule has 1 N–H and O–H groups in total. The summed E-state index contributed by atoms with van der Waals surface area (Å²) in [5.41, 5.74) is 1.69. The molecule has 2 aromatic carbocycles. The molecule has 10 heteroatoms. The molecule has 4 aromatic rings. The fourth-order valence-electron chi connectivity index (χ4n) is 2.86. The molecule has 32 heavy (non-hydrogen) atoms. The molecule has 0 aliphatic rings. The first-order valence-electron chi connectivity index (χ1n) is 9.61. The van der Waals surface area contributed by atoms with Crippen molar-refractivity contribution in [2.45, 2.75) is 20.4 Å². The van der Waals surface area contributed by atoms with Crippen LogP contribution in [0.5, 0.6) is 11.5 Å². The van der Waals surface area contributed by atoms with Gasteiger partial charge in [0.1, 0.15) is 11.5 Å². The van der Waals surface area contributed by atoms with Gasteiger partial charge in [0.05, 0.1) is 18.1 Å². The van der Waals surface area contributed by atoms with Crippen LogP contribution in [-0.4, -0.2) is 25.5 Å². The second-order valence-electron chi connectivity index (χ2n) is 6.88. The Labute approximate surface area is 194 Å². The highest BCUT2D eigenvalue weighted by Gasteiger charge is 2.12. The monoisotopic (exact) mass is 471 g/mol. The van der Waals surface area contributed by atoms with E-state index in [0.29, 0.717) is 27.2 Å². The van der Waals surface area contributed by atoms with Crippen LogP contribution in [0.3, 0.4) is 0 Å². The summed E-state index contributed by atoms with van der Waals surface area (Å²) >= 11 is 11.9. The second kappa shape index (κ2) is 9.76. The number of amides is 1. The highest BCUT2D eigenvalue weighted by molar-refractivity contribution is 6.31. The number of hydrogen-bond acceptors (Lipinski definition) is 5. The van der Waals surface area contributed by atoms with Crippen LogP contribution >= 0.6 is 23.2 Å². The topological polar surface area (TPSA) is 83.2 Å². The Morgan fingerprint density at radius 1 is 1.03 bits per heavy atom. The maximum Gasteiger partial charge on any atom is 0.276 e. The van der Waals surface area contributed by atoms with Crippen molar-refractivity contribution in [2.24, 2.45) is 0 Å². The second-order valence-corrected chi connectivity index (χ2v) is 7.75. The first kappa shape index (κ1) is 21.7. The molecule has 0 spiro atoms. The average Bonchev–Trinajstić information content (AvgIpc) is 3.41. The van der Waals surface area contributed by atoms with E-state index in [2.05, 4.69) is 15.5 Å². The van der Waals surface area contributed by atoms with Crippen LogP contribution in [0.4, 0.5) is 5.69 Å². The van der Waals surface area contributed by atoms with Crippen molar-refractivity contribution in [3.63, 3.8) is 0 Å². The molecule has 4 rings (SSSR count). The van der Waals surface area contributed by atoms with Gasteiger partial charge in [0.25, 0.3) is 5.91 Å². The Morgan fingerprint density at radius 3 is 2.66 bits per heavy atom. The van der Waals surface area contributed by atoms with Crippen molar-refractivity contribution in [2.75, 3.05) is 5.32 Å². The van der Waals surface area contributed by atoms with Crippen LogP contribution < -0.4 is 14.8 Å². The number of hydrogen-bond donors (Lipinski definition) is 1. The van der Waals surface area contributed by atoms with Gasteiger partial charge in [-0.3, -0.25) is 4.79 Å². The van der Waals surface area contributed by atoms with Crippen LogP contribution in [-0.2, 0) is 13.5 Å². The first-order chi connectivity index (χ1) is 15.5. The zero-order valence-corrected chi connectivity index (χ0v) is 18.5. The Kier molecular flexibility index (Phi) is 6.63. The van der Waals surface area contributed by atoms with Crippen molar-refractivity contribution in [1.82, 2.24) is 19.6 Å². The highest BCUT2D eigenvalue weighted by atomic mass is 35.5. The predicted octanol–water partition coefficient (Wildman–Crippen LogP) is 5.02. The smallest absolute Gasteiger partial charge is 0.276 e. The quantitative estimate of drug-likeness (QED) is 0.390. The van der Waals surface area contributed by atoms with E-state index in [1.165, 1.54) is 10.9 Å².